The topological polar surface area (TPSA) is 66.4 Å². The van der Waals surface area contributed by atoms with E-state index in [-0.39, 0.29) is 11.4 Å². The number of rotatable bonds is 5. The van der Waals surface area contributed by atoms with E-state index in [4.69, 9.17) is 0 Å². The van der Waals surface area contributed by atoms with Crippen molar-refractivity contribution in [3.05, 3.63) is 65.0 Å². The molecule has 2 rings (SSSR count). The molecule has 2 aromatic carbocycles. The third-order valence-electron chi connectivity index (χ3n) is 3.86. The van der Waals surface area contributed by atoms with Crippen molar-refractivity contribution < 1.29 is 17.9 Å². The van der Waals surface area contributed by atoms with E-state index in [0.29, 0.717) is 5.56 Å². The molecule has 2 aromatic rings. The average Bonchev–Trinajstić information content (AvgIpc) is 2.48. The van der Waals surface area contributed by atoms with Crippen molar-refractivity contribution in [1.29, 1.82) is 0 Å². The average molecular weight is 337 g/mol. The lowest BCUT2D eigenvalue weighted by molar-refractivity contribution is 0.0627. The van der Waals surface area contributed by atoms with Crippen molar-refractivity contribution in [2.75, 3.05) is 6.54 Å². The third kappa shape index (κ3) is 4.16. The molecule has 124 valence electrons. The monoisotopic (exact) mass is 337 g/mol. The number of hydrogen-bond acceptors (Lipinski definition) is 3. The van der Waals surface area contributed by atoms with E-state index in [2.05, 4.69) is 4.72 Å². The molecular weight excluding hydrogens is 317 g/mol. The highest BCUT2D eigenvalue weighted by molar-refractivity contribution is 7.89. The molecular formula is C17H20FNO3S. The van der Waals surface area contributed by atoms with Gasteiger partial charge in [-0.1, -0.05) is 18.2 Å². The highest BCUT2D eigenvalue weighted by Gasteiger charge is 2.26. The van der Waals surface area contributed by atoms with Gasteiger partial charge in [-0.3, -0.25) is 0 Å². The Balaban J connectivity index is 2.17. The molecule has 4 nitrogen and oxygen atoms in total. The maximum absolute atomic E-state index is 12.9. The third-order valence-corrected chi connectivity index (χ3v) is 5.26. The molecule has 0 saturated carbocycles. The van der Waals surface area contributed by atoms with Gasteiger partial charge in [0.1, 0.15) is 11.4 Å². The molecule has 1 unspecified atom stereocenters. The lowest BCUT2D eigenvalue weighted by Crippen LogP contribution is -2.38. The van der Waals surface area contributed by atoms with E-state index in [9.17, 15) is 17.9 Å². The Hall–Kier alpha value is -1.76. The van der Waals surface area contributed by atoms with Crippen LogP contribution in [0.4, 0.5) is 4.39 Å². The zero-order valence-corrected chi connectivity index (χ0v) is 14.1. The first-order valence-electron chi connectivity index (χ1n) is 7.17. The summed E-state index contributed by atoms with van der Waals surface area (Å²) >= 11 is 0. The number of aliphatic hydroxyl groups is 1. The minimum absolute atomic E-state index is 0.149. The van der Waals surface area contributed by atoms with Crippen LogP contribution in [-0.4, -0.2) is 20.1 Å². The lowest BCUT2D eigenvalue weighted by Gasteiger charge is -2.24. The molecule has 0 radical (unpaired) electrons. The molecule has 0 saturated heterocycles. The zero-order valence-electron chi connectivity index (χ0n) is 13.3. The van der Waals surface area contributed by atoms with Crippen molar-refractivity contribution in [3.8, 4) is 0 Å². The second-order valence-corrected chi connectivity index (χ2v) is 7.62. The van der Waals surface area contributed by atoms with Gasteiger partial charge in [0.2, 0.25) is 10.0 Å². The smallest absolute Gasteiger partial charge is 0.240 e. The summed E-state index contributed by atoms with van der Waals surface area (Å²) in [5.74, 6) is -0.416. The van der Waals surface area contributed by atoms with Gasteiger partial charge in [-0.25, -0.2) is 17.5 Å². The highest BCUT2D eigenvalue weighted by Crippen LogP contribution is 2.21. The van der Waals surface area contributed by atoms with Crippen molar-refractivity contribution in [1.82, 2.24) is 4.72 Å². The molecule has 0 aliphatic heterocycles. The standard InChI is InChI=1S/C17H20FNO3S/c1-12-4-9-16(10-13(12)2)23(21,22)19-11-17(3,20)14-5-7-15(18)8-6-14/h4-10,19-20H,11H2,1-3H3. The van der Waals surface area contributed by atoms with E-state index in [1.165, 1.54) is 37.3 Å². The number of nitrogens with one attached hydrogen (secondary N) is 1. The van der Waals surface area contributed by atoms with Crippen LogP contribution in [0, 0.1) is 19.7 Å². The van der Waals surface area contributed by atoms with Gasteiger partial charge in [-0.15, -0.1) is 0 Å². The summed E-state index contributed by atoms with van der Waals surface area (Å²) in [6.07, 6.45) is 0. The van der Waals surface area contributed by atoms with E-state index in [0.717, 1.165) is 11.1 Å². The quantitative estimate of drug-likeness (QED) is 0.881. The van der Waals surface area contributed by atoms with Gasteiger partial charge >= 0.3 is 0 Å². The summed E-state index contributed by atoms with van der Waals surface area (Å²) < 4.78 is 40.0. The Bertz CT molecular complexity index is 799. The summed E-state index contributed by atoms with van der Waals surface area (Å²) in [6, 6.07) is 10.2. The molecule has 0 aliphatic carbocycles. The van der Waals surface area contributed by atoms with Crippen LogP contribution >= 0.6 is 0 Å². The number of hydrogen-bond donors (Lipinski definition) is 2. The van der Waals surface area contributed by atoms with Crippen molar-refractivity contribution in [2.45, 2.75) is 31.3 Å². The molecule has 2 N–H and O–H groups in total. The largest absolute Gasteiger partial charge is 0.384 e. The summed E-state index contributed by atoms with van der Waals surface area (Å²) in [5.41, 5.74) is 0.864. The van der Waals surface area contributed by atoms with Gasteiger partial charge in [0.25, 0.3) is 0 Å². The van der Waals surface area contributed by atoms with Crippen molar-refractivity contribution >= 4 is 10.0 Å². The van der Waals surface area contributed by atoms with Crippen LogP contribution in [0.15, 0.2) is 47.4 Å². The van der Waals surface area contributed by atoms with Crippen LogP contribution in [-0.2, 0) is 15.6 Å². The summed E-state index contributed by atoms with van der Waals surface area (Å²) in [5, 5.41) is 10.4. The van der Waals surface area contributed by atoms with Crippen LogP contribution in [0.25, 0.3) is 0 Å². The minimum atomic E-state index is -3.73. The zero-order chi connectivity index (χ0) is 17.3. The second-order valence-electron chi connectivity index (χ2n) is 5.85. The SMILES string of the molecule is Cc1ccc(S(=O)(=O)NCC(C)(O)c2ccc(F)cc2)cc1C. The van der Waals surface area contributed by atoms with Gasteiger partial charge in [-0.2, -0.15) is 0 Å². The van der Waals surface area contributed by atoms with Gasteiger partial charge in [0.05, 0.1) is 4.90 Å². The maximum atomic E-state index is 12.9. The molecule has 0 aromatic heterocycles. The highest BCUT2D eigenvalue weighted by atomic mass is 32.2. The van der Waals surface area contributed by atoms with Gasteiger partial charge in [0.15, 0.2) is 0 Å². The number of sulfonamides is 1. The number of aryl methyl sites for hydroxylation is 2. The van der Waals surface area contributed by atoms with Crippen LogP contribution < -0.4 is 4.72 Å². The van der Waals surface area contributed by atoms with E-state index in [1.807, 2.05) is 13.8 Å². The molecule has 0 bridgehead atoms. The van der Waals surface area contributed by atoms with E-state index >= 15 is 0 Å². The molecule has 0 fully saturated rings. The maximum Gasteiger partial charge on any atom is 0.240 e. The molecule has 0 spiro atoms. The van der Waals surface area contributed by atoms with Crippen molar-refractivity contribution in [2.24, 2.45) is 0 Å². The predicted octanol–water partition coefficient (Wildman–Crippen LogP) is 2.63. The molecule has 0 aliphatic rings. The van der Waals surface area contributed by atoms with E-state index in [1.54, 1.807) is 12.1 Å². The number of halogens is 1. The Labute approximate surface area is 136 Å². The van der Waals surface area contributed by atoms with E-state index < -0.39 is 21.4 Å². The lowest BCUT2D eigenvalue weighted by atomic mass is 9.96. The number of benzene rings is 2. The van der Waals surface area contributed by atoms with Crippen LogP contribution in [0.1, 0.15) is 23.6 Å². The fraction of sp³-hybridized carbons (Fsp3) is 0.294. The van der Waals surface area contributed by atoms with Crippen LogP contribution in [0.5, 0.6) is 0 Å². The second kappa shape index (κ2) is 6.39. The van der Waals surface area contributed by atoms with Gasteiger partial charge < -0.3 is 5.11 Å². The normalized spacial score (nSPS) is 14.5. The fourth-order valence-electron chi connectivity index (χ4n) is 2.11. The molecule has 23 heavy (non-hydrogen) atoms. The van der Waals surface area contributed by atoms with Crippen LogP contribution in [0.2, 0.25) is 0 Å². The Kier molecular flexibility index (Phi) is 4.89. The van der Waals surface area contributed by atoms with Gasteiger partial charge in [-0.05, 0) is 61.7 Å². The minimum Gasteiger partial charge on any atom is -0.384 e. The first-order valence-corrected chi connectivity index (χ1v) is 8.65. The Morgan fingerprint density at radius 3 is 2.26 bits per heavy atom. The Morgan fingerprint density at radius 2 is 1.70 bits per heavy atom. The summed E-state index contributed by atoms with van der Waals surface area (Å²) in [6.45, 7) is 5.00. The molecule has 0 amide bonds. The van der Waals surface area contributed by atoms with Crippen molar-refractivity contribution in [3.63, 3.8) is 0 Å². The molecule has 0 heterocycles. The fourth-order valence-corrected chi connectivity index (χ4v) is 3.33. The van der Waals surface area contributed by atoms with Crippen LogP contribution in [0.3, 0.4) is 0 Å². The molecule has 6 heteroatoms. The predicted molar refractivity (Wildman–Crippen MR) is 87.1 cm³/mol. The summed E-state index contributed by atoms with van der Waals surface area (Å²) in [4.78, 5) is 0.149. The molecule has 1 atom stereocenters. The van der Waals surface area contributed by atoms with Gasteiger partial charge in [0, 0.05) is 6.54 Å². The Morgan fingerprint density at radius 1 is 1.09 bits per heavy atom. The first kappa shape index (κ1) is 17.6. The first-order chi connectivity index (χ1) is 10.6. The summed E-state index contributed by atoms with van der Waals surface area (Å²) in [7, 11) is -3.73.